The maximum absolute atomic E-state index is 2.40. The van der Waals surface area contributed by atoms with Gasteiger partial charge in [0.05, 0.1) is 0 Å². The first-order chi connectivity index (χ1) is 5.33. The van der Waals surface area contributed by atoms with Crippen LogP contribution in [0.15, 0.2) is 11.6 Å². The molecule has 0 aliphatic heterocycles. The van der Waals surface area contributed by atoms with E-state index in [-0.39, 0.29) is 0 Å². The molecule has 0 spiro atoms. The summed E-state index contributed by atoms with van der Waals surface area (Å²) in [5, 5.41) is 0. The molecule has 0 N–H and O–H groups in total. The molecule has 1 aliphatic carbocycles. The summed E-state index contributed by atoms with van der Waals surface area (Å²) in [7, 11) is 0. The van der Waals surface area contributed by atoms with Gasteiger partial charge in [-0.2, -0.15) is 0 Å². The molecular weight excluding hydrogens is 132 g/mol. The first-order valence-electron chi connectivity index (χ1n) is 4.98. The molecule has 0 bridgehead atoms. The molecule has 66 valence electrons. The summed E-state index contributed by atoms with van der Waals surface area (Å²) in [6.45, 7) is 8.53. The monoisotopic (exact) mass is 154 g/mol. The molecule has 0 saturated carbocycles. The summed E-state index contributed by atoms with van der Waals surface area (Å²) in [6, 6.07) is 0. The second kappa shape index (κ2) is 6.45. The van der Waals surface area contributed by atoms with Crippen molar-refractivity contribution >= 4 is 0 Å². The van der Waals surface area contributed by atoms with Crippen molar-refractivity contribution in [3.05, 3.63) is 11.6 Å². The van der Waals surface area contributed by atoms with Crippen LogP contribution in [0.2, 0.25) is 0 Å². The Morgan fingerprint density at radius 1 is 1.45 bits per heavy atom. The van der Waals surface area contributed by atoms with Crippen LogP contribution in [0.1, 0.15) is 53.4 Å². The third-order valence-corrected chi connectivity index (χ3v) is 2.32. The van der Waals surface area contributed by atoms with E-state index in [0.717, 1.165) is 5.92 Å². The van der Waals surface area contributed by atoms with E-state index in [2.05, 4.69) is 19.9 Å². The van der Waals surface area contributed by atoms with Crippen molar-refractivity contribution in [3.8, 4) is 0 Å². The molecule has 0 aromatic carbocycles. The Hall–Kier alpha value is -0.260. The summed E-state index contributed by atoms with van der Waals surface area (Å²) in [5.74, 6) is 0.994. The van der Waals surface area contributed by atoms with Crippen LogP contribution < -0.4 is 0 Å². The molecule has 0 radical (unpaired) electrons. The molecule has 1 unspecified atom stereocenters. The van der Waals surface area contributed by atoms with Gasteiger partial charge in [0.25, 0.3) is 0 Å². The topological polar surface area (TPSA) is 0 Å². The minimum absolute atomic E-state index is 0.994. The lowest BCUT2D eigenvalue weighted by atomic mass is 9.89. The fourth-order valence-corrected chi connectivity index (χ4v) is 1.39. The van der Waals surface area contributed by atoms with Gasteiger partial charge >= 0.3 is 0 Å². The van der Waals surface area contributed by atoms with E-state index < -0.39 is 0 Å². The van der Waals surface area contributed by atoms with E-state index in [1.54, 1.807) is 5.57 Å². The van der Waals surface area contributed by atoms with Gasteiger partial charge in [-0.3, -0.25) is 0 Å². The van der Waals surface area contributed by atoms with Crippen molar-refractivity contribution in [2.45, 2.75) is 53.4 Å². The summed E-state index contributed by atoms with van der Waals surface area (Å²) in [5.41, 5.74) is 1.60. The van der Waals surface area contributed by atoms with Crippen LogP contribution >= 0.6 is 0 Å². The predicted molar refractivity (Wildman–Crippen MR) is 52.7 cm³/mol. The van der Waals surface area contributed by atoms with Crippen molar-refractivity contribution in [2.75, 3.05) is 0 Å². The number of rotatable bonds is 1. The van der Waals surface area contributed by atoms with Gasteiger partial charge in [-0.25, -0.2) is 0 Å². The second-order valence-corrected chi connectivity index (χ2v) is 3.10. The molecule has 1 atom stereocenters. The van der Waals surface area contributed by atoms with Gasteiger partial charge in [0.15, 0.2) is 0 Å². The first kappa shape index (κ1) is 10.7. The van der Waals surface area contributed by atoms with Crippen molar-refractivity contribution in [1.29, 1.82) is 0 Å². The zero-order chi connectivity index (χ0) is 8.69. The quantitative estimate of drug-likeness (QED) is 0.497. The fraction of sp³-hybridized carbons (Fsp3) is 0.818. The smallest absolute Gasteiger partial charge is 0.0320 e. The third kappa shape index (κ3) is 4.23. The lowest BCUT2D eigenvalue weighted by Gasteiger charge is -2.17. The van der Waals surface area contributed by atoms with Crippen LogP contribution in [-0.2, 0) is 0 Å². The maximum atomic E-state index is 2.40. The number of allylic oxidation sites excluding steroid dienone is 2. The van der Waals surface area contributed by atoms with Gasteiger partial charge in [-0.05, 0) is 32.1 Å². The van der Waals surface area contributed by atoms with E-state index >= 15 is 0 Å². The highest BCUT2D eigenvalue weighted by Crippen LogP contribution is 2.24. The molecule has 0 fully saturated rings. The van der Waals surface area contributed by atoms with Crippen molar-refractivity contribution < 1.29 is 0 Å². The van der Waals surface area contributed by atoms with E-state index in [1.807, 2.05) is 13.8 Å². The Balaban J connectivity index is 0.000000461. The SMILES string of the molecule is CC.CCC1CC=C(C)CC1. The molecule has 0 aromatic rings. The maximum Gasteiger partial charge on any atom is -0.0320 e. The molecule has 1 rings (SSSR count). The van der Waals surface area contributed by atoms with E-state index in [0.29, 0.717) is 0 Å². The highest BCUT2D eigenvalue weighted by atomic mass is 14.1. The largest absolute Gasteiger partial charge is 0.0853 e. The van der Waals surface area contributed by atoms with Gasteiger partial charge in [0, 0.05) is 0 Å². The average molecular weight is 154 g/mol. The van der Waals surface area contributed by atoms with Gasteiger partial charge in [-0.1, -0.05) is 38.8 Å². The highest BCUT2D eigenvalue weighted by molar-refractivity contribution is 5.02. The van der Waals surface area contributed by atoms with Crippen LogP contribution in [0.3, 0.4) is 0 Å². The van der Waals surface area contributed by atoms with Crippen molar-refractivity contribution in [3.63, 3.8) is 0 Å². The highest BCUT2D eigenvalue weighted by Gasteiger charge is 2.08. The summed E-state index contributed by atoms with van der Waals surface area (Å²) < 4.78 is 0. The lowest BCUT2D eigenvalue weighted by molar-refractivity contribution is 0.456. The summed E-state index contributed by atoms with van der Waals surface area (Å²) >= 11 is 0. The molecule has 0 saturated heterocycles. The predicted octanol–water partition coefficient (Wildman–Crippen LogP) is 4.17. The van der Waals surface area contributed by atoms with E-state index in [1.165, 1.54) is 25.7 Å². The molecule has 0 heterocycles. The summed E-state index contributed by atoms with van der Waals surface area (Å²) in [4.78, 5) is 0. The van der Waals surface area contributed by atoms with E-state index in [9.17, 15) is 0 Å². The molecule has 0 heteroatoms. The normalized spacial score (nSPS) is 23.3. The molecule has 0 aromatic heterocycles. The number of hydrogen-bond acceptors (Lipinski definition) is 0. The Kier molecular flexibility index (Phi) is 6.30. The molecule has 1 aliphatic rings. The molecular formula is C11H22. The minimum Gasteiger partial charge on any atom is -0.0853 e. The zero-order valence-electron chi connectivity index (χ0n) is 8.48. The third-order valence-electron chi connectivity index (χ3n) is 2.32. The van der Waals surface area contributed by atoms with Gasteiger partial charge in [0.2, 0.25) is 0 Å². The van der Waals surface area contributed by atoms with Crippen molar-refractivity contribution in [1.82, 2.24) is 0 Å². The Labute approximate surface area is 71.7 Å². The summed E-state index contributed by atoms with van der Waals surface area (Å²) in [6.07, 6.45) is 7.88. The second-order valence-electron chi connectivity index (χ2n) is 3.10. The lowest BCUT2D eigenvalue weighted by Crippen LogP contribution is -2.02. The van der Waals surface area contributed by atoms with Gasteiger partial charge in [-0.15, -0.1) is 0 Å². The van der Waals surface area contributed by atoms with Crippen LogP contribution in [0.5, 0.6) is 0 Å². The van der Waals surface area contributed by atoms with Crippen LogP contribution in [0, 0.1) is 5.92 Å². The minimum atomic E-state index is 0.994. The van der Waals surface area contributed by atoms with Crippen LogP contribution in [0.4, 0.5) is 0 Å². The number of hydrogen-bond donors (Lipinski definition) is 0. The molecule has 11 heavy (non-hydrogen) atoms. The Morgan fingerprint density at radius 3 is 2.45 bits per heavy atom. The van der Waals surface area contributed by atoms with E-state index in [4.69, 9.17) is 0 Å². The Bertz CT molecular complexity index is 111. The van der Waals surface area contributed by atoms with Crippen LogP contribution in [0.25, 0.3) is 0 Å². The molecule has 0 amide bonds. The average Bonchev–Trinajstić information content (AvgIpc) is 2.10. The standard InChI is InChI=1S/C9H16.C2H6/c1-3-9-6-4-8(2)5-7-9;1-2/h4,9H,3,5-7H2,1-2H3;1-2H3. The fourth-order valence-electron chi connectivity index (χ4n) is 1.39. The van der Waals surface area contributed by atoms with Gasteiger partial charge < -0.3 is 0 Å². The first-order valence-corrected chi connectivity index (χ1v) is 4.98. The molecule has 0 nitrogen and oxygen atoms in total. The van der Waals surface area contributed by atoms with Crippen molar-refractivity contribution in [2.24, 2.45) is 5.92 Å². The Morgan fingerprint density at radius 2 is 2.09 bits per heavy atom. The van der Waals surface area contributed by atoms with Gasteiger partial charge in [0.1, 0.15) is 0 Å². The van der Waals surface area contributed by atoms with Crippen LogP contribution in [-0.4, -0.2) is 0 Å². The zero-order valence-corrected chi connectivity index (χ0v) is 8.48.